The maximum Gasteiger partial charge on any atom is 0.315 e. The van der Waals surface area contributed by atoms with E-state index in [4.69, 9.17) is 4.52 Å². The molecular weight excluding hydrogens is 309 g/mol. The first kappa shape index (κ1) is 16.5. The number of amides is 2. The summed E-state index contributed by atoms with van der Waals surface area (Å²) in [7, 11) is 0. The number of benzene rings is 1. The van der Waals surface area contributed by atoms with E-state index in [1.165, 1.54) is 12.1 Å². The van der Waals surface area contributed by atoms with Crippen LogP contribution in [0, 0.1) is 19.7 Å². The van der Waals surface area contributed by atoms with Gasteiger partial charge >= 0.3 is 6.03 Å². The van der Waals surface area contributed by atoms with E-state index in [2.05, 4.69) is 15.8 Å². The number of rotatable bonds is 5. The number of carbonyl (C=O) groups is 1. The van der Waals surface area contributed by atoms with Crippen LogP contribution in [-0.4, -0.2) is 23.8 Å². The van der Waals surface area contributed by atoms with Crippen molar-refractivity contribution in [2.45, 2.75) is 45.1 Å². The van der Waals surface area contributed by atoms with Gasteiger partial charge in [0, 0.05) is 30.0 Å². The fraction of sp³-hybridized carbons (Fsp3) is 0.444. The predicted octanol–water partition coefficient (Wildman–Crippen LogP) is 3.39. The number of aromatic nitrogens is 1. The molecule has 1 saturated carbocycles. The molecule has 0 aliphatic heterocycles. The Bertz CT molecular complexity index is 724. The lowest BCUT2D eigenvalue weighted by Crippen LogP contribution is -2.39. The molecule has 2 N–H and O–H groups in total. The Morgan fingerprint density at radius 2 is 2.25 bits per heavy atom. The topological polar surface area (TPSA) is 67.2 Å². The zero-order valence-electron chi connectivity index (χ0n) is 14.1. The van der Waals surface area contributed by atoms with E-state index in [-0.39, 0.29) is 29.7 Å². The number of nitrogens with one attached hydrogen (secondary N) is 2. The molecule has 128 valence electrons. The molecule has 0 saturated heterocycles. The molecule has 1 aliphatic rings. The van der Waals surface area contributed by atoms with Gasteiger partial charge in [0.15, 0.2) is 0 Å². The highest BCUT2D eigenvalue weighted by atomic mass is 19.1. The van der Waals surface area contributed by atoms with E-state index >= 15 is 0 Å². The van der Waals surface area contributed by atoms with Gasteiger partial charge in [0.2, 0.25) is 0 Å². The molecule has 1 unspecified atom stereocenters. The molecule has 6 heteroatoms. The third-order valence-electron chi connectivity index (χ3n) is 4.53. The molecule has 0 radical (unpaired) electrons. The molecule has 2 amide bonds. The highest BCUT2D eigenvalue weighted by molar-refractivity contribution is 5.75. The lowest BCUT2D eigenvalue weighted by Gasteiger charge is -2.13. The van der Waals surface area contributed by atoms with Crippen molar-refractivity contribution in [3.8, 4) is 0 Å². The van der Waals surface area contributed by atoms with Crippen LogP contribution >= 0.6 is 0 Å². The van der Waals surface area contributed by atoms with Gasteiger partial charge in [-0.1, -0.05) is 24.2 Å². The summed E-state index contributed by atoms with van der Waals surface area (Å²) in [6.45, 7) is 6.31. The number of hydrogen-bond donors (Lipinski definition) is 2. The molecule has 5 nitrogen and oxygen atoms in total. The van der Waals surface area contributed by atoms with Gasteiger partial charge in [0.25, 0.3) is 0 Å². The Kier molecular flexibility index (Phi) is 4.55. The van der Waals surface area contributed by atoms with Crippen molar-refractivity contribution in [2.75, 3.05) is 6.54 Å². The Hall–Kier alpha value is -2.37. The summed E-state index contributed by atoms with van der Waals surface area (Å²) in [5, 5.41) is 9.77. The molecule has 1 aromatic heterocycles. The SMILES string of the molecule is Cc1noc(C)c1C(C)CNC(=O)N[C@@H]1C[C@H]1c1cccc(F)c1. The summed E-state index contributed by atoms with van der Waals surface area (Å²) in [5.41, 5.74) is 2.83. The molecule has 1 heterocycles. The van der Waals surface area contributed by atoms with Crippen molar-refractivity contribution in [3.05, 3.63) is 52.7 Å². The van der Waals surface area contributed by atoms with E-state index in [9.17, 15) is 9.18 Å². The van der Waals surface area contributed by atoms with Gasteiger partial charge in [-0.3, -0.25) is 0 Å². The van der Waals surface area contributed by atoms with Crippen LogP contribution in [0.2, 0.25) is 0 Å². The fourth-order valence-electron chi connectivity index (χ4n) is 3.22. The van der Waals surface area contributed by atoms with Gasteiger partial charge in [-0.15, -0.1) is 0 Å². The third kappa shape index (κ3) is 3.58. The van der Waals surface area contributed by atoms with Gasteiger partial charge in [-0.2, -0.15) is 0 Å². The molecular formula is C18H22FN3O2. The minimum absolute atomic E-state index is 0.0705. The van der Waals surface area contributed by atoms with E-state index in [0.717, 1.165) is 29.0 Å². The van der Waals surface area contributed by atoms with Crippen LogP contribution in [-0.2, 0) is 0 Å². The van der Waals surface area contributed by atoms with Crippen LogP contribution in [0.25, 0.3) is 0 Å². The summed E-state index contributed by atoms with van der Waals surface area (Å²) in [4.78, 5) is 12.0. The largest absolute Gasteiger partial charge is 0.361 e. The first-order chi connectivity index (χ1) is 11.5. The molecule has 2 aromatic rings. The normalized spacial score (nSPS) is 20.5. The molecule has 1 aromatic carbocycles. The predicted molar refractivity (Wildman–Crippen MR) is 88.5 cm³/mol. The van der Waals surface area contributed by atoms with Crippen LogP contribution in [0.4, 0.5) is 9.18 Å². The lowest BCUT2D eigenvalue weighted by molar-refractivity contribution is 0.239. The van der Waals surface area contributed by atoms with E-state index in [1.807, 2.05) is 26.8 Å². The monoisotopic (exact) mass is 331 g/mol. The molecule has 1 fully saturated rings. The standard InChI is InChI=1S/C18H22FN3O2/c1-10(17-11(2)22-24-12(17)3)9-20-18(23)21-16-8-15(16)13-5-4-6-14(19)7-13/h4-7,10,15-16H,8-9H2,1-3H3,(H2,20,21,23)/t10?,15-,16+/m0/s1. The number of halogens is 1. The summed E-state index contributed by atoms with van der Waals surface area (Å²) in [5.74, 6) is 0.873. The smallest absolute Gasteiger partial charge is 0.315 e. The minimum Gasteiger partial charge on any atom is -0.361 e. The average molecular weight is 331 g/mol. The average Bonchev–Trinajstić information content (AvgIpc) is 3.22. The summed E-state index contributed by atoms with van der Waals surface area (Å²) >= 11 is 0. The summed E-state index contributed by atoms with van der Waals surface area (Å²) < 4.78 is 18.4. The van der Waals surface area contributed by atoms with Gasteiger partial charge < -0.3 is 15.2 Å². The molecule has 1 aliphatic carbocycles. The summed E-state index contributed by atoms with van der Waals surface area (Å²) in [6.07, 6.45) is 0.844. The van der Waals surface area contributed by atoms with Gasteiger partial charge in [0.05, 0.1) is 5.69 Å². The zero-order valence-corrected chi connectivity index (χ0v) is 14.1. The quantitative estimate of drug-likeness (QED) is 0.882. The first-order valence-electron chi connectivity index (χ1n) is 8.18. The number of hydrogen-bond acceptors (Lipinski definition) is 3. The maximum atomic E-state index is 13.2. The van der Waals surface area contributed by atoms with E-state index < -0.39 is 0 Å². The van der Waals surface area contributed by atoms with Crippen LogP contribution in [0.3, 0.4) is 0 Å². The van der Waals surface area contributed by atoms with Crippen molar-refractivity contribution in [2.24, 2.45) is 0 Å². The van der Waals surface area contributed by atoms with E-state index in [0.29, 0.717) is 6.54 Å². The molecule has 3 atom stereocenters. The Morgan fingerprint density at radius 3 is 2.92 bits per heavy atom. The molecule has 24 heavy (non-hydrogen) atoms. The van der Waals surface area contributed by atoms with Crippen molar-refractivity contribution in [3.63, 3.8) is 0 Å². The Balaban J connectivity index is 1.47. The van der Waals surface area contributed by atoms with Crippen molar-refractivity contribution >= 4 is 6.03 Å². The molecule has 0 bridgehead atoms. The molecule has 0 spiro atoms. The number of nitrogens with zero attached hydrogens (tertiary/aromatic N) is 1. The van der Waals surface area contributed by atoms with E-state index in [1.54, 1.807) is 6.07 Å². The fourth-order valence-corrected chi connectivity index (χ4v) is 3.22. The van der Waals surface area contributed by atoms with Gasteiger partial charge in [-0.25, -0.2) is 9.18 Å². The maximum absolute atomic E-state index is 13.2. The molecule has 3 rings (SSSR count). The van der Waals surface area contributed by atoms with Crippen molar-refractivity contribution in [1.29, 1.82) is 0 Å². The third-order valence-corrected chi connectivity index (χ3v) is 4.53. The lowest BCUT2D eigenvalue weighted by atomic mass is 10.00. The number of aryl methyl sites for hydroxylation is 2. The highest BCUT2D eigenvalue weighted by Crippen LogP contribution is 2.40. The van der Waals surface area contributed by atoms with Crippen molar-refractivity contribution < 1.29 is 13.7 Å². The van der Waals surface area contributed by atoms with Crippen LogP contribution in [0.5, 0.6) is 0 Å². The second kappa shape index (κ2) is 6.63. The number of carbonyl (C=O) groups excluding carboxylic acids is 1. The second-order valence-electron chi connectivity index (χ2n) is 6.50. The van der Waals surface area contributed by atoms with Gasteiger partial charge in [-0.05, 0) is 38.0 Å². The minimum atomic E-state index is -0.240. The zero-order chi connectivity index (χ0) is 17.3. The van der Waals surface area contributed by atoms with Gasteiger partial charge in [0.1, 0.15) is 11.6 Å². The van der Waals surface area contributed by atoms with Crippen molar-refractivity contribution in [1.82, 2.24) is 15.8 Å². The first-order valence-corrected chi connectivity index (χ1v) is 8.18. The van der Waals surface area contributed by atoms with Crippen LogP contribution in [0.1, 0.15) is 47.8 Å². The highest BCUT2D eigenvalue weighted by Gasteiger charge is 2.39. The number of urea groups is 1. The second-order valence-corrected chi connectivity index (χ2v) is 6.50. The Morgan fingerprint density at radius 1 is 1.46 bits per heavy atom. The Labute approximate surface area is 140 Å². The van der Waals surface area contributed by atoms with Crippen LogP contribution in [0.15, 0.2) is 28.8 Å². The summed E-state index contributed by atoms with van der Waals surface area (Å²) in [6, 6.07) is 6.43. The van der Waals surface area contributed by atoms with Crippen LogP contribution < -0.4 is 10.6 Å².